The van der Waals surface area contributed by atoms with Gasteiger partial charge in [-0.05, 0) is 18.9 Å². The van der Waals surface area contributed by atoms with E-state index in [4.69, 9.17) is 9.84 Å². The molecule has 5 heteroatoms. The molecule has 0 bridgehead atoms. The van der Waals surface area contributed by atoms with Gasteiger partial charge in [-0.25, -0.2) is 0 Å². The van der Waals surface area contributed by atoms with E-state index in [1.807, 2.05) is 30.3 Å². The molecule has 1 aromatic rings. The average molecular weight is 281 g/mol. The molecule has 20 heavy (non-hydrogen) atoms. The van der Waals surface area contributed by atoms with Crippen molar-refractivity contribution in [1.29, 1.82) is 0 Å². The molecule has 0 heterocycles. The number of hydrogen-bond donors (Lipinski definition) is 3. The molecule has 0 aliphatic heterocycles. The lowest BCUT2D eigenvalue weighted by atomic mass is 9.99. The second kappa shape index (κ2) is 7.99. The van der Waals surface area contributed by atoms with E-state index in [0.717, 1.165) is 5.56 Å². The summed E-state index contributed by atoms with van der Waals surface area (Å²) in [5.41, 5.74) is 0.0250. The molecule has 3 N–H and O–H groups in total. The number of rotatable bonds is 9. The van der Waals surface area contributed by atoms with Gasteiger partial charge in [0.25, 0.3) is 0 Å². The third-order valence-electron chi connectivity index (χ3n) is 3.33. The van der Waals surface area contributed by atoms with Crippen molar-refractivity contribution in [2.45, 2.75) is 38.5 Å². The van der Waals surface area contributed by atoms with Crippen molar-refractivity contribution in [3.05, 3.63) is 35.9 Å². The van der Waals surface area contributed by atoms with Gasteiger partial charge in [0.2, 0.25) is 0 Å². The Morgan fingerprint density at radius 2 is 2.05 bits per heavy atom. The number of hydrogen-bond acceptors (Lipinski definition) is 4. The van der Waals surface area contributed by atoms with Crippen LogP contribution in [0.3, 0.4) is 0 Å². The Hall–Kier alpha value is -1.43. The summed E-state index contributed by atoms with van der Waals surface area (Å²) in [5.74, 6) is -0.919. The molecule has 0 radical (unpaired) electrons. The van der Waals surface area contributed by atoms with Gasteiger partial charge >= 0.3 is 5.97 Å². The van der Waals surface area contributed by atoms with Crippen molar-refractivity contribution in [2.24, 2.45) is 0 Å². The van der Waals surface area contributed by atoms with E-state index in [9.17, 15) is 9.90 Å². The van der Waals surface area contributed by atoms with Crippen LogP contribution in [0, 0.1) is 0 Å². The van der Waals surface area contributed by atoms with Crippen LogP contribution in [0.5, 0.6) is 0 Å². The summed E-state index contributed by atoms with van der Waals surface area (Å²) in [7, 11) is 0. The first-order valence-electron chi connectivity index (χ1n) is 6.76. The van der Waals surface area contributed by atoms with Crippen molar-refractivity contribution in [1.82, 2.24) is 5.32 Å². The first-order valence-corrected chi connectivity index (χ1v) is 6.76. The summed E-state index contributed by atoms with van der Waals surface area (Å²) in [6.07, 6.45) is -0.288. The van der Waals surface area contributed by atoms with Crippen LogP contribution in [-0.4, -0.2) is 41.0 Å². The van der Waals surface area contributed by atoms with E-state index < -0.39 is 17.6 Å². The van der Waals surface area contributed by atoms with Crippen LogP contribution in [0.4, 0.5) is 0 Å². The first-order chi connectivity index (χ1) is 9.48. The van der Waals surface area contributed by atoms with Crippen LogP contribution in [0.25, 0.3) is 0 Å². The third kappa shape index (κ3) is 5.28. The Labute approximate surface area is 119 Å². The number of ether oxygens (including phenoxy) is 1. The molecule has 0 aliphatic rings. The Balaban J connectivity index is 2.27. The van der Waals surface area contributed by atoms with Crippen molar-refractivity contribution >= 4 is 5.97 Å². The van der Waals surface area contributed by atoms with E-state index >= 15 is 0 Å². The zero-order valence-corrected chi connectivity index (χ0v) is 12.0. The van der Waals surface area contributed by atoms with Gasteiger partial charge in [-0.3, -0.25) is 10.1 Å². The fourth-order valence-electron chi connectivity index (χ4n) is 1.64. The number of carboxylic acid groups (broad SMARTS) is 1. The van der Waals surface area contributed by atoms with E-state index in [1.165, 1.54) is 0 Å². The molecule has 0 aliphatic carbocycles. The van der Waals surface area contributed by atoms with Crippen molar-refractivity contribution in [3.63, 3.8) is 0 Å². The predicted octanol–water partition coefficient (Wildman–Crippen LogP) is 1.41. The lowest BCUT2D eigenvalue weighted by Crippen LogP contribution is -2.51. The minimum atomic E-state index is -1.01. The number of β-amino-alcohol motifs (C(OH)–C–C–N with tert-alkyl or cyclic N) is 1. The molecule has 0 fully saturated rings. The largest absolute Gasteiger partial charge is 0.480 e. The lowest BCUT2D eigenvalue weighted by Gasteiger charge is -2.26. The molecule has 2 atom stereocenters. The fraction of sp³-hybridized carbons (Fsp3) is 0.533. The number of aliphatic hydroxyl groups excluding tert-OH is 1. The number of benzene rings is 1. The molecule has 1 rings (SSSR count). The Morgan fingerprint density at radius 1 is 1.40 bits per heavy atom. The summed E-state index contributed by atoms with van der Waals surface area (Å²) in [5, 5.41) is 21.7. The van der Waals surface area contributed by atoms with Gasteiger partial charge in [0, 0.05) is 6.54 Å². The van der Waals surface area contributed by atoms with E-state index in [-0.39, 0.29) is 13.2 Å². The maximum atomic E-state index is 11.1. The number of aliphatic carboxylic acids is 1. The van der Waals surface area contributed by atoms with E-state index in [1.54, 1.807) is 13.8 Å². The quantitative estimate of drug-likeness (QED) is 0.638. The maximum absolute atomic E-state index is 11.1. The first kappa shape index (κ1) is 16.6. The smallest absolute Gasteiger partial charge is 0.323 e. The van der Waals surface area contributed by atoms with Gasteiger partial charge < -0.3 is 14.9 Å². The zero-order valence-electron chi connectivity index (χ0n) is 12.0. The SMILES string of the molecule is CCC(C)(NCC(O)COCc1ccccc1)C(=O)O. The summed E-state index contributed by atoms with van der Waals surface area (Å²) in [6, 6.07) is 9.68. The van der Waals surface area contributed by atoms with Crippen molar-refractivity contribution < 1.29 is 19.7 Å². The van der Waals surface area contributed by atoms with Gasteiger partial charge in [-0.1, -0.05) is 37.3 Å². The minimum Gasteiger partial charge on any atom is -0.480 e. The second-order valence-corrected chi connectivity index (χ2v) is 5.03. The van der Waals surface area contributed by atoms with E-state index in [2.05, 4.69) is 5.32 Å². The predicted molar refractivity (Wildman–Crippen MR) is 76.4 cm³/mol. The maximum Gasteiger partial charge on any atom is 0.323 e. The van der Waals surface area contributed by atoms with Crippen LogP contribution < -0.4 is 5.32 Å². The normalized spacial score (nSPS) is 15.6. The minimum absolute atomic E-state index is 0.168. The van der Waals surface area contributed by atoms with Gasteiger partial charge in [0.1, 0.15) is 5.54 Å². The summed E-state index contributed by atoms with van der Waals surface area (Å²) in [6.45, 7) is 4.18. The number of carbonyl (C=O) groups is 1. The lowest BCUT2D eigenvalue weighted by molar-refractivity contribution is -0.144. The molecular weight excluding hydrogens is 258 g/mol. The van der Waals surface area contributed by atoms with Gasteiger partial charge in [0.05, 0.1) is 19.3 Å². The van der Waals surface area contributed by atoms with Gasteiger partial charge in [-0.15, -0.1) is 0 Å². The summed E-state index contributed by atoms with van der Waals surface area (Å²) >= 11 is 0. The molecule has 5 nitrogen and oxygen atoms in total. The van der Waals surface area contributed by atoms with Crippen LogP contribution in [0.1, 0.15) is 25.8 Å². The topological polar surface area (TPSA) is 78.8 Å². The molecule has 112 valence electrons. The van der Waals surface area contributed by atoms with Gasteiger partial charge in [-0.2, -0.15) is 0 Å². The average Bonchev–Trinajstić information content (AvgIpc) is 2.45. The standard InChI is InChI=1S/C15H23NO4/c1-3-15(2,14(18)19)16-9-13(17)11-20-10-12-7-5-4-6-8-12/h4-8,13,16-17H,3,9-11H2,1-2H3,(H,18,19). The highest BCUT2D eigenvalue weighted by atomic mass is 16.5. The Bertz CT molecular complexity index is 410. The monoisotopic (exact) mass is 281 g/mol. The summed E-state index contributed by atoms with van der Waals surface area (Å²) < 4.78 is 5.40. The fourth-order valence-corrected chi connectivity index (χ4v) is 1.64. The molecule has 0 saturated carbocycles. The van der Waals surface area contributed by atoms with Gasteiger partial charge in [0.15, 0.2) is 0 Å². The molecule has 0 saturated heterocycles. The Kier molecular flexibility index (Phi) is 6.64. The molecule has 0 aromatic heterocycles. The second-order valence-electron chi connectivity index (χ2n) is 5.03. The number of carboxylic acids is 1. The van der Waals surface area contributed by atoms with Crippen LogP contribution >= 0.6 is 0 Å². The Morgan fingerprint density at radius 3 is 2.60 bits per heavy atom. The third-order valence-corrected chi connectivity index (χ3v) is 3.33. The van der Waals surface area contributed by atoms with E-state index in [0.29, 0.717) is 13.0 Å². The number of aliphatic hydroxyl groups is 1. The highest BCUT2D eigenvalue weighted by molar-refractivity contribution is 5.78. The van der Waals surface area contributed by atoms with Crippen molar-refractivity contribution in [2.75, 3.05) is 13.2 Å². The van der Waals surface area contributed by atoms with Crippen LogP contribution in [0.2, 0.25) is 0 Å². The highest BCUT2D eigenvalue weighted by Gasteiger charge is 2.30. The van der Waals surface area contributed by atoms with Crippen molar-refractivity contribution in [3.8, 4) is 0 Å². The molecule has 2 unspecified atom stereocenters. The van der Waals surface area contributed by atoms with Crippen LogP contribution in [-0.2, 0) is 16.1 Å². The highest BCUT2D eigenvalue weighted by Crippen LogP contribution is 2.09. The molecule has 0 spiro atoms. The zero-order chi connectivity index (χ0) is 15.0. The molecule has 1 aromatic carbocycles. The van der Waals surface area contributed by atoms with Crippen LogP contribution in [0.15, 0.2) is 30.3 Å². The summed E-state index contributed by atoms with van der Waals surface area (Å²) in [4.78, 5) is 11.1. The molecule has 0 amide bonds. The molecular formula is C15H23NO4. The number of nitrogens with one attached hydrogen (secondary N) is 1.